The van der Waals surface area contributed by atoms with Crippen LogP contribution in [0, 0.1) is 0 Å². The maximum Gasteiger partial charge on any atom is 0.118 e. The number of thioether (sulfide) groups is 1. The molecule has 0 atom stereocenters. The van der Waals surface area contributed by atoms with Gasteiger partial charge in [-0.15, -0.1) is 0 Å². The molecule has 0 aliphatic heterocycles. The topological polar surface area (TPSA) is 18.5 Å². The smallest absolute Gasteiger partial charge is 0.118 e. The Morgan fingerprint density at radius 3 is 1.33 bits per heavy atom. The van der Waals surface area contributed by atoms with Crippen LogP contribution in [0.2, 0.25) is 0 Å². The highest BCUT2D eigenvalue weighted by molar-refractivity contribution is 8.38. The Morgan fingerprint density at radius 2 is 1.05 bits per heavy atom. The molecule has 0 saturated heterocycles. The fraction of sp³-hybridized carbons (Fsp3) is 0.125. The van der Waals surface area contributed by atoms with E-state index in [-0.39, 0.29) is 0 Å². The van der Waals surface area contributed by atoms with Gasteiger partial charge in [0.25, 0.3) is 0 Å². The number of rotatable bonds is 4. The minimum atomic E-state index is 0.749. The number of methoxy groups -OCH3 is 2. The lowest BCUT2D eigenvalue weighted by Crippen LogP contribution is -1.99. The van der Waals surface area contributed by atoms with Gasteiger partial charge in [-0.25, -0.2) is 0 Å². The van der Waals surface area contributed by atoms with Gasteiger partial charge >= 0.3 is 0 Å². The molecule has 2 nitrogen and oxygen atoms in total. The molecule has 0 aromatic heterocycles. The first-order chi connectivity index (χ1) is 10.1. The molecule has 0 heterocycles. The van der Waals surface area contributed by atoms with E-state index in [0.717, 1.165) is 31.0 Å². The maximum atomic E-state index is 5.43. The molecule has 0 radical (unpaired) electrons. The molecule has 5 heteroatoms. The Hall–Kier alpha value is -1.43. The third kappa shape index (κ3) is 4.27. The summed E-state index contributed by atoms with van der Waals surface area (Å²) in [7, 11) is 3.28. The molecule has 0 N–H and O–H groups in total. The number of hydrogen-bond acceptors (Lipinski definition) is 5. The highest BCUT2D eigenvalue weighted by Gasteiger charge is 2.08. The SMILES string of the molecule is COc1ccc(C(=S)SC(=S)c2ccc(OC)cc2)cc1. The van der Waals surface area contributed by atoms with Crippen LogP contribution < -0.4 is 9.47 Å². The van der Waals surface area contributed by atoms with Crippen LogP contribution in [-0.2, 0) is 0 Å². The van der Waals surface area contributed by atoms with Crippen LogP contribution in [0.25, 0.3) is 0 Å². The third-order valence-electron chi connectivity index (χ3n) is 2.84. The van der Waals surface area contributed by atoms with Crippen LogP contribution in [0.15, 0.2) is 48.5 Å². The first kappa shape index (κ1) is 15.9. The fourth-order valence-corrected chi connectivity index (χ4v) is 3.26. The number of hydrogen-bond donors (Lipinski definition) is 0. The fourth-order valence-electron chi connectivity index (χ4n) is 1.66. The standard InChI is InChI=1S/C16H14O2S3/c1-17-13-7-3-11(4-8-13)15(19)21-16(20)12-5-9-14(18-2)10-6-12/h3-10H,1-2H3. The van der Waals surface area contributed by atoms with Gasteiger partial charge in [0.2, 0.25) is 0 Å². The van der Waals surface area contributed by atoms with Gasteiger partial charge in [-0.2, -0.15) is 0 Å². The van der Waals surface area contributed by atoms with Crippen molar-refractivity contribution in [3.63, 3.8) is 0 Å². The van der Waals surface area contributed by atoms with Crippen molar-refractivity contribution < 1.29 is 9.47 Å². The lowest BCUT2D eigenvalue weighted by molar-refractivity contribution is 0.414. The lowest BCUT2D eigenvalue weighted by atomic mass is 10.2. The Bertz CT molecular complexity index is 576. The molecule has 0 amide bonds. The Morgan fingerprint density at radius 1 is 0.714 bits per heavy atom. The Balaban J connectivity index is 2.05. The van der Waals surface area contributed by atoms with E-state index in [0.29, 0.717) is 0 Å². The molecule has 2 rings (SSSR count). The first-order valence-electron chi connectivity index (χ1n) is 6.18. The van der Waals surface area contributed by atoms with Gasteiger partial charge < -0.3 is 9.47 Å². The van der Waals surface area contributed by atoms with E-state index in [9.17, 15) is 0 Å². The second kappa shape index (κ2) is 7.54. The van der Waals surface area contributed by atoms with Crippen molar-refractivity contribution in [1.82, 2.24) is 0 Å². The van der Waals surface area contributed by atoms with Crippen molar-refractivity contribution in [3.05, 3.63) is 59.7 Å². The largest absolute Gasteiger partial charge is 0.497 e. The number of benzene rings is 2. The zero-order valence-electron chi connectivity index (χ0n) is 11.7. The lowest BCUT2D eigenvalue weighted by Gasteiger charge is -2.07. The van der Waals surface area contributed by atoms with Crippen LogP contribution in [0.5, 0.6) is 11.5 Å². The molecule has 0 saturated carbocycles. The minimum Gasteiger partial charge on any atom is -0.497 e. The third-order valence-corrected chi connectivity index (χ3v) is 4.65. The summed E-state index contributed by atoms with van der Waals surface area (Å²) in [5.74, 6) is 1.62. The highest BCUT2D eigenvalue weighted by atomic mass is 32.2. The van der Waals surface area contributed by atoms with Crippen molar-refractivity contribution >= 4 is 44.6 Å². The van der Waals surface area contributed by atoms with Crippen LogP contribution in [-0.4, -0.2) is 22.6 Å². The van der Waals surface area contributed by atoms with Gasteiger partial charge in [-0.1, -0.05) is 36.2 Å². The van der Waals surface area contributed by atoms with Crippen molar-refractivity contribution in [1.29, 1.82) is 0 Å². The molecule has 2 aromatic carbocycles. The molecule has 0 aliphatic carbocycles. The molecule has 0 spiro atoms. The highest BCUT2D eigenvalue weighted by Crippen LogP contribution is 2.23. The van der Waals surface area contributed by atoms with Crippen molar-refractivity contribution in [2.24, 2.45) is 0 Å². The molecule has 0 fully saturated rings. The molecule has 21 heavy (non-hydrogen) atoms. The maximum absolute atomic E-state index is 5.43. The predicted octanol–water partition coefficient (Wildman–Crippen LogP) is 4.49. The summed E-state index contributed by atoms with van der Waals surface area (Å²) < 4.78 is 11.8. The van der Waals surface area contributed by atoms with Crippen molar-refractivity contribution in [3.8, 4) is 11.5 Å². The molecule has 0 bridgehead atoms. The van der Waals surface area contributed by atoms with Gasteiger partial charge in [0.15, 0.2) is 0 Å². The van der Waals surface area contributed by atoms with Crippen LogP contribution in [0.1, 0.15) is 11.1 Å². The summed E-state index contributed by atoms with van der Waals surface area (Å²) in [6.45, 7) is 0. The average molecular weight is 334 g/mol. The summed E-state index contributed by atoms with van der Waals surface area (Å²) in [6.07, 6.45) is 0. The molecule has 108 valence electrons. The van der Waals surface area contributed by atoms with E-state index in [1.807, 2.05) is 48.5 Å². The van der Waals surface area contributed by atoms with Gasteiger partial charge in [-0.05, 0) is 59.7 Å². The van der Waals surface area contributed by atoms with E-state index in [1.165, 1.54) is 11.8 Å². The first-order valence-corrected chi connectivity index (χ1v) is 7.82. The van der Waals surface area contributed by atoms with E-state index < -0.39 is 0 Å². The second-order valence-corrected chi connectivity index (χ2v) is 6.49. The zero-order chi connectivity index (χ0) is 15.2. The number of thiocarbonyl (C=S) groups is 2. The summed E-state index contributed by atoms with van der Waals surface area (Å²) in [4.78, 5) is 0. The van der Waals surface area contributed by atoms with Crippen LogP contribution in [0.4, 0.5) is 0 Å². The molecule has 0 unspecified atom stereocenters. The van der Waals surface area contributed by atoms with Gasteiger partial charge in [-0.3, -0.25) is 0 Å². The predicted molar refractivity (Wildman–Crippen MR) is 97.0 cm³/mol. The summed E-state index contributed by atoms with van der Waals surface area (Å²) in [5.41, 5.74) is 1.93. The van der Waals surface area contributed by atoms with E-state index >= 15 is 0 Å². The monoisotopic (exact) mass is 334 g/mol. The quantitative estimate of drug-likeness (QED) is 0.765. The Labute approximate surface area is 139 Å². The minimum absolute atomic E-state index is 0.749. The second-order valence-electron chi connectivity index (χ2n) is 4.13. The summed E-state index contributed by atoms with van der Waals surface area (Å²) in [6, 6.07) is 15.3. The van der Waals surface area contributed by atoms with Gasteiger partial charge in [0.1, 0.15) is 11.5 Å². The molecule has 0 aliphatic rings. The molecular formula is C16H14O2S3. The van der Waals surface area contributed by atoms with E-state index in [4.69, 9.17) is 33.9 Å². The molecule has 2 aromatic rings. The number of ether oxygens (including phenoxy) is 2. The van der Waals surface area contributed by atoms with Crippen molar-refractivity contribution in [2.45, 2.75) is 0 Å². The normalized spacial score (nSPS) is 10.0. The van der Waals surface area contributed by atoms with Crippen LogP contribution >= 0.6 is 36.2 Å². The van der Waals surface area contributed by atoms with Crippen LogP contribution in [0.3, 0.4) is 0 Å². The zero-order valence-corrected chi connectivity index (χ0v) is 14.1. The van der Waals surface area contributed by atoms with Gasteiger partial charge in [0, 0.05) is 0 Å². The van der Waals surface area contributed by atoms with Gasteiger partial charge in [0.05, 0.1) is 22.6 Å². The Kier molecular flexibility index (Phi) is 5.73. The van der Waals surface area contributed by atoms with E-state index in [2.05, 4.69) is 0 Å². The summed E-state index contributed by atoms with van der Waals surface area (Å²) >= 11 is 12.3. The van der Waals surface area contributed by atoms with E-state index in [1.54, 1.807) is 14.2 Å². The average Bonchev–Trinajstić information content (AvgIpc) is 2.55. The van der Waals surface area contributed by atoms with Crippen molar-refractivity contribution in [2.75, 3.05) is 14.2 Å². The molecular weight excluding hydrogens is 320 g/mol. The summed E-state index contributed by atoms with van der Waals surface area (Å²) in [5, 5.41) is 0.